The summed E-state index contributed by atoms with van der Waals surface area (Å²) in [6.45, 7) is 2.54. The van der Waals surface area contributed by atoms with Crippen LogP contribution in [0.25, 0.3) is 0 Å². The minimum absolute atomic E-state index is 0.0271. The van der Waals surface area contributed by atoms with Crippen molar-refractivity contribution >= 4 is 28.9 Å². The summed E-state index contributed by atoms with van der Waals surface area (Å²) in [4.78, 5) is 19.2. The maximum atomic E-state index is 12.5. The quantitative estimate of drug-likeness (QED) is 0.596. The maximum absolute atomic E-state index is 12.5. The van der Waals surface area contributed by atoms with Crippen LogP contribution in [0.5, 0.6) is 0 Å². The van der Waals surface area contributed by atoms with Gasteiger partial charge in [-0.2, -0.15) is 0 Å². The van der Waals surface area contributed by atoms with Gasteiger partial charge in [-0.3, -0.25) is 9.78 Å². The molecule has 2 N–H and O–H groups in total. The number of nitrogens with one attached hydrogen (secondary N) is 2. The Bertz CT molecular complexity index is 1030. The zero-order chi connectivity index (χ0) is 21.1. The van der Waals surface area contributed by atoms with Crippen molar-refractivity contribution in [1.82, 2.24) is 19.8 Å². The lowest BCUT2D eigenvalue weighted by Crippen LogP contribution is -2.32. The Morgan fingerprint density at radius 2 is 2.00 bits per heavy atom. The summed E-state index contributed by atoms with van der Waals surface area (Å²) in [5.74, 6) is -0.0326. The minimum Gasteiger partial charge on any atom is -0.357 e. The Balaban J connectivity index is 1.51. The van der Waals surface area contributed by atoms with Crippen LogP contribution in [0.4, 0.5) is 5.69 Å². The SMILES string of the molecule is Cc1ccc(NC(=O)CCN2C(=S)N[C@@H](c3ccccn3)[C@@H]2c2ccn(C)c2)cc1. The molecule has 1 aliphatic rings. The molecule has 2 aromatic heterocycles. The molecule has 3 aromatic rings. The highest BCUT2D eigenvalue weighted by molar-refractivity contribution is 7.80. The number of pyridine rings is 1. The lowest BCUT2D eigenvalue weighted by atomic mass is 9.99. The van der Waals surface area contributed by atoms with Gasteiger partial charge < -0.3 is 20.1 Å². The first kappa shape index (κ1) is 20.1. The van der Waals surface area contributed by atoms with Gasteiger partial charge in [0.15, 0.2) is 5.11 Å². The monoisotopic (exact) mass is 419 g/mol. The summed E-state index contributed by atoms with van der Waals surface area (Å²) in [6, 6.07) is 15.7. The maximum Gasteiger partial charge on any atom is 0.226 e. The normalized spacial score (nSPS) is 18.3. The van der Waals surface area contributed by atoms with Crippen molar-refractivity contribution in [2.45, 2.75) is 25.4 Å². The molecule has 1 amide bonds. The van der Waals surface area contributed by atoms with Crippen LogP contribution in [0.1, 0.15) is 35.3 Å². The average molecular weight is 420 g/mol. The van der Waals surface area contributed by atoms with Crippen LogP contribution < -0.4 is 10.6 Å². The van der Waals surface area contributed by atoms with Gasteiger partial charge >= 0.3 is 0 Å². The van der Waals surface area contributed by atoms with Crippen LogP contribution in [0.15, 0.2) is 67.1 Å². The number of hydrogen-bond donors (Lipinski definition) is 2. The largest absolute Gasteiger partial charge is 0.357 e. The molecular formula is C23H25N5OS. The van der Waals surface area contributed by atoms with Gasteiger partial charge in [-0.1, -0.05) is 23.8 Å². The van der Waals surface area contributed by atoms with Gasteiger partial charge in [0, 0.05) is 44.3 Å². The first-order chi connectivity index (χ1) is 14.5. The highest BCUT2D eigenvalue weighted by atomic mass is 32.1. The molecule has 7 heteroatoms. The predicted molar refractivity (Wildman–Crippen MR) is 122 cm³/mol. The number of hydrogen-bond acceptors (Lipinski definition) is 3. The highest BCUT2D eigenvalue weighted by Crippen LogP contribution is 2.38. The Labute approximate surface area is 181 Å². The number of nitrogens with zero attached hydrogens (tertiary/aromatic N) is 3. The third-order valence-electron chi connectivity index (χ3n) is 5.31. The summed E-state index contributed by atoms with van der Waals surface area (Å²) < 4.78 is 2.02. The predicted octanol–water partition coefficient (Wildman–Crippen LogP) is 3.73. The molecule has 0 spiro atoms. The van der Waals surface area contributed by atoms with Crippen LogP contribution in [0.3, 0.4) is 0 Å². The van der Waals surface area contributed by atoms with E-state index in [1.807, 2.05) is 67.2 Å². The standard InChI is InChI=1S/C23H25N5OS/c1-16-6-8-18(9-7-16)25-20(29)11-14-28-22(17-10-13-27(2)15-17)21(26-23(28)30)19-5-3-4-12-24-19/h3-10,12-13,15,21-22H,11,14H2,1-2H3,(H,25,29)(H,26,30)/t21-,22-/m0/s1. The van der Waals surface area contributed by atoms with E-state index >= 15 is 0 Å². The molecule has 0 bridgehead atoms. The van der Waals surface area contributed by atoms with E-state index < -0.39 is 0 Å². The zero-order valence-corrected chi connectivity index (χ0v) is 17.9. The van der Waals surface area contributed by atoms with Crippen molar-refractivity contribution in [1.29, 1.82) is 0 Å². The van der Waals surface area contributed by atoms with Crippen LogP contribution in [0, 0.1) is 6.92 Å². The third-order valence-corrected chi connectivity index (χ3v) is 5.66. The van der Waals surface area contributed by atoms with Gasteiger partial charge in [-0.05, 0) is 55.0 Å². The number of aromatic nitrogens is 2. The van der Waals surface area contributed by atoms with E-state index in [0.717, 1.165) is 22.5 Å². The fourth-order valence-electron chi connectivity index (χ4n) is 3.79. The van der Waals surface area contributed by atoms with Crippen LogP contribution >= 0.6 is 12.2 Å². The highest BCUT2D eigenvalue weighted by Gasteiger charge is 2.40. The summed E-state index contributed by atoms with van der Waals surface area (Å²) >= 11 is 5.65. The van der Waals surface area contributed by atoms with E-state index in [-0.39, 0.29) is 18.0 Å². The molecule has 154 valence electrons. The molecule has 3 heterocycles. The van der Waals surface area contributed by atoms with Gasteiger partial charge in [0.25, 0.3) is 0 Å². The van der Waals surface area contributed by atoms with Crippen LogP contribution in [-0.4, -0.2) is 32.0 Å². The fourth-order valence-corrected chi connectivity index (χ4v) is 4.12. The number of carbonyl (C=O) groups is 1. The Kier molecular flexibility index (Phi) is 5.81. The Morgan fingerprint density at radius 1 is 1.20 bits per heavy atom. The van der Waals surface area contributed by atoms with Crippen LogP contribution in [-0.2, 0) is 11.8 Å². The van der Waals surface area contributed by atoms with Gasteiger partial charge in [-0.15, -0.1) is 0 Å². The van der Waals surface area contributed by atoms with E-state index in [1.54, 1.807) is 6.20 Å². The van der Waals surface area contributed by atoms with Gasteiger partial charge in [0.05, 0.1) is 17.8 Å². The van der Waals surface area contributed by atoms with Crippen molar-refractivity contribution in [2.24, 2.45) is 7.05 Å². The molecule has 2 atom stereocenters. The van der Waals surface area contributed by atoms with Gasteiger partial charge in [0.2, 0.25) is 5.91 Å². The van der Waals surface area contributed by atoms with E-state index in [4.69, 9.17) is 12.2 Å². The van der Waals surface area contributed by atoms with Crippen molar-refractivity contribution < 1.29 is 4.79 Å². The molecule has 1 aromatic carbocycles. The summed E-state index contributed by atoms with van der Waals surface area (Å²) in [6.07, 6.45) is 6.25. The average Bonchev–Trinajstić information content (AvgIpc) is 3.31. The summed E-state index contributed by atoms with van der Waals surface area (Å²) in [7, 11) is 2.00. The van der Waals surface area contributed by atoms with E-state index in [9.17, 15) is 4.79 Å². The first-order valence-electron chi connectivity index (χ1n) is 9.98. The molecular weight excluding hydrogens is 394 g/mol. The molecule has 0 unspecified atom stereocenters. The second kappa shape index (κ2) is 8.67. The molecule has 1 aliphatic heterocycles. The molecule has 30 heavy (non-hydrogen) atoms. The van der Waals surface area contributed by atoms with Crippen LogP contribution in [0.2, 0.25) is 0 Å². The first-order valence-corrected chi connectivity index (χ1v) is 10.4. The zero-order valence-electron chi connectivity index (χ0n) is 17.1. The molecule has 6 nitrogen and oxygen atoms in total. The van der Waals surface area contributed by atoms with E-state index in [0.29, 0.717) is 18.1 Å². The van der Waals surface area contributed by atoms with Crippen molar-refractivity contribution in [3.05, 3.63) is 83.9 Å². The number of carbonyl (C=O) groups excluding carboxylic acids is 1. The molecule has 1 saturated heterocycles. The smallest absolute Gasteiger partial charge is 0.226 e. The molecule has 0 radical (unpaired) electrons. The van der Waals surface area contributed by atoms with Crippen molar-refractivity contribution in [3.8, 4) is 0 Å². The number of benzene rings is 1. The van der Waals surface area contributed by atoms with Gasteiger partial charge in [-0.25, -0.2) is 0 Å². The van der Waals surface area contributed by atoms with Crippen molar-refractivity contribution in [3.63, 3.8) is 0 Å². The number of aryl methyl sites for hydroxylation is 2. The number of rotatable bonds is 6. The fraction of sp³-hybridized carbons (Fsp3) is 0.261. The second-order valence-electron chi connectivity index (χ2n) is 7.59. The van der Waals surface area contributed by atoms with Gasteiger partial charge in [0.1, 0.15) is 0 Å². The lowest BCUT2D eigenvalue weighted by molar-refractivity contribution is -0.116. The lowest BCUT2D eigenvalue weighted by Gasteiger charge is -2.27. The van der Waals surface area contributed by atoms with E-state index in [2.05, 4.69) is 32.8 Å². The summed E-state index contributed by atoms with van der Waals surface area (Å²) in [5.41, 5.74) is 4.03. The summed E-state index contributed by atoms with van der Waals surface area (Å²) in [5, 5.41) is 7.02. The topological polar surface area (TPSA) is 62.2 Å². The molecule has 0 aliphatic carbocycles. The third kappa shape index (κ3) is 4.36. The Morgan fingerprint density at radius 3 is 2.67 bits per heavy atom. The van der Waals surface area contributed by atoms with E-state index in [1.165, 1.54) is 0 Å². The number of anilines is 1. The molecule has 1 fully saturated rings. The van der Waals surface area contributed by atoms with Crippen molar-refractivity contribution in [2.75, 3.05) is 11.9 Å². The number of amides is 1. The molecule has 4 rings (SSSR count). The Hall–Kier alpha value is -3.19. The molecule has 0 saturated carbocycles. The number of thiocarbonyl (C=S) groups is 1. The second-order valence-corrected chi connectivity index (χ2v) is 7.98. The minimum atomic E-state index is -0.0683.